The molecule has 0 aliphatic carbocycles. The van der Waals surface area contributed by atoms with E-state index in [0.29, 0.717) is 13.1 Å². The molecule has 1 aliphatic heterocycles. The van der Waals surface area contributed by atoms with Crippen molar-refractivity contribution in [2.45, 2.75) is 26.4 Å². The van der Waals surface area contributed by atoms with Gasteiger partial charge >= 0.3 is 6.18 Å². The molecule has 1 rings (SSSR count). The molecule has 0 saturated carbocycles. The first kappa shape index (κ1) is 9.84. The molecule has 1 fully saturated rings. The van der Waals surface area contributed by atoms with Gasteiger partial charge in [0.15, 0.2) is 0 Å². The Kier molecular flexibility index (Phi) is 2.38. The van der Waals surface area contributed by atoms with Crippen LogP contribution in [-0.4, -0.2) is 19.3 Å². The fraction of sp³-hybridized carbons (Fsp3) is 1.00. The van der Waals surface area contributed by atoms with Crippen LogP contribution in [0.2, 0.25) is 0 Å². The first-order valence-corrected chi connectivity index (χ1v) is 4.11. The average molecular weight is 181 g/mol. The fourth-order valence-corrected chi connectivity index (χ4v) is 1.78. The monoisotopic (exact) mass is 181 g/mol. The van der Waals surface area contributed by atoms with Crippen molar-refractivity contribution in [2.75, 3.05) is 13.1 Å². The number of hydrogen-bond donors (Lipinski definition) is 1. The van der Waals surface area contributed by atoms with Crippen molar-refractivity contribution in [3.8, 4) is 0 Å². The number of alkyl halides is 3. The third-order valence-corrected chi connectivity index (χ3v) is 2.53. The average Bonchev–Trinajstić information content (AvgIpc) is 1.83. The summed E-state index contributed by atoms with van der Waals surface area (Å²) in [6.07, 6.45) is -3.83. The van der Waals surface area contributed by atoms with Crippen molar-refractivity contribution in [1.29, 1.82) is 0 Å². The second-order valence-electron chi connectivity index (χ2n) is 4.05. The van der Waals surface area contributed by atoms with Crippen LogP contribution in [0.5, 0.6) is 0 Å². The molecule has 0 radical (unpaired) electrons. The normalized spacial score (nSPS) is 30.2. The summed E-state index contributed by atoms with van der Waals surface area (Å²) in [6, 6.07) is 0. The summed E-state index contributed by atoms with van der Waals surface area (Å²) >= 11 is 0. The maximum atomic E-state index is 12.4. The van der Waals surface area contributed by atoms with Gasteiger partial charge in [-0.2, -0.15) is 13.2 Å². The van der Waals surface area contributed by atoms with Crippen LogP contribution in [0.4, 0.5) is 13.2 Å². The van der Waals surface area contributed by atoms with Gasteiger partial charge in [-0.05, 0) is 18.4 Å². The molecule has 1 nitrogen and oxygen atoms in total. The van der Waals surface area contributed by atoms with E-state index in [1.807, 2.05) is 0 Å². The van der Waals surface area contributed by atoms with Crippen molar-refractivity contribution in [1.82, 2.24) is 5.32 Å². The topological polar surface area (TPSA) is 12.0 Å². The molecule has 0 aromatic carbocycles. The minimum Gasteiger partial charge on any atom is -0.316 e. The Bertz CT molecular complexity index is 162. The maximum absolute atomic E-state index is 12.4. The highest BCUT2D eigenvalue weighted by atomic mass is 19.4. The van der Waals surface area contributed by atoms with Gasteiger partial charge in [-0.15, -0.1) is 0 Å². The summed E-state index contributed by atoms with van der Waals surface area (Å²) in [6.45, 7) is 4.26. The highest BCUT2D eigenvalue weighted by Gasteiger charge is 2.49. The predicted molar refractivity (Wildman–Crippen MR) is 40.8 cm³/mol. The molecule has 0 unspecified atom stereocenters. The van der Waals surface area contributed by atoms with Crippen molar-refractivity contribution < 1.29 is 13.2 Å². The number of piperidine rings is 1. The summed E-state index contributed by atoms with van der Waals surface area (Å²) in [5.41, 5.74) is -0.656. The first-order valence-electron chi connectivity index (χ1n) is 4.11. The van der Waals surface area contributed by atoms with Gasteiger partial charge in [-0.25, -0.2) is 0 Å². The minimum atomic E-state index is -4.04. The molecule has 0 aromatic rings. The molecular formula is C8H14F3N. The minimum absolute atomic E-state index is 0.205. The van der Waals surface area contributed by atoms with Crippen LogP contribution in [0.15, 0.2) is 0 Å². The molecule has 1 aliphatic rings. The van der Waals surface area contributed by atoms with E-state index in [1.165, 1.54) is 0 Å². The summed E-state index contributed by atoms with van der Waals surface area (Å²) in [7, 11) is 0. The van der Waals surface area contributed by atoms with Crippen LogP contribution in [0.3, 0.4) is 0 Å². The van der Waals surface area contributed by atoms with Crippen LogP contribution in [0, 0.1) is 11.3 Å². The zero-order valence-electron chi connectivity index (χ0n) is 7.33. The molecule has 1 heterocycles. The maximum Gasteiger partial charge on any atom is 0.392 e. The Morgan fingerprint density at radius 2 is 1.92 bits per heavy atom. The third kappa shape index (κ3) is 1.91. The second-order valence-corrected chi connectivity index (χ2v) is 4.05. The molecule has 4 heteroatoms. The molecule has 1 atom stereocenters. The Morgan fingerprint density at radius 1 is 1.33 bits per heavy atom. The Morgan fingerprint density at radius 3 is 2.25 bits per heavy atom. The van der Waals surface area contributed by atoms with Crippen molar-refractivity contribution in [3.63, 3.8) is 0 Å². The van der Waals surface area contributed by atoms with E-state index in [4.69, 9.17) is 0 Å². The lowest BCUT2D eigenvalue weighted by molar-refractivity contribution is -0.208. The van der Waals surface area contributed by atoms with E-state index in [9.17, 15) is 13.2 Å². The van der Waals surface area contributed by atoms with Gasteiger partial charge in [0.2, 0.25) is 0 Å². The van der Waals surface area contributed by atoms with Crippen molar-refractivity contribution >= 4 is 0 Å². The van der Waals surface area contributed by atoms with E-state index < -0.39 is 17.5 Å². The molecule has 12 heavy (non-hydrogen) atoms. The number of nitrogens with one attached hydrogen (secondary N) is 1. The molecule has 1 saturated heterocycles. The molecule has 0 spiro atoms. The van der Waals surface area contributed by atoms with Gasteiger partial charge in [0.1, 0.15) is 0 Å². The van der Waals surface area contributed by atoms with Gasteiger partial charge in [0.05, 0.1) is 5.92 Å². The van der Waals surface area contributed by atoms with Crippen LogP contribution >= 0.6 is 0 Å². The molecule has 1 N–H and O–H groups in total. The van der Waals surface area contributed by atoms with Gasteiger partial charge in [-0.1, -0.05) is 13.8 Å². The molecule has 0 aromatic heterocycles. The lowest BCUT2D eigenvalue weighted by Crippen LogP contribution is -2.48. The Hall–Kier alpha value is -0.250. The molecule has 72 valence electrons. The van der Waals surface area contributed by atoms with Crippen LogP contribution in [-0.2, 0) is 0 Å². The quantitative estimate of drug-likeness (QED) is 0.604. The van der Waals surface area contributed by atoms with Crippen LogP contribution < -0.4 is 5.32 Å². The predicted octanol–water partition coefficient (Wildman–Crippen LogP) is 2.18. The molecule has 0 bridgehead atoms. The second kappa shape index (κ2) is 2.91. The Balaban J connectivity index is 2.73. The Labute approximate surface area is 70.3 Å². The number of halogens is 3. The van der Waals surface area contributed by atoms with Gasteiger partial charge in [0, 0.05) is 6.54 Å². The standard InChI is InChI=1S/C8H14F3N/c1-7(2)5-12-4-3-6(7)8(9,10)11/h6,12H,3-5H2,1-2H3/t6-/m0/s1. The van der Waals surface area contributed by atoms with E-state index in [2.05, 4.69) is 5.32 Å². The van der Waals surface area contributed by atoms with Gasteiger partial charge in [0.25, 0.3) is 0 Å². The SMILES string of the molecule is CC1(C)CNCC[C@@H]1C(F)(F)F. The largest absolute Gasteiger partial charge is 0.392 e. The highest BCUT2D eigenvalue weighted by molar-refractivity contribution is 4.89. The smallest absolute Gasteiger partial charge is 0.316 e. The lowest BCUT2D eigenvalue weighted by Gasteiger charge is -2.39. The number of hydrogen-bond acceptors (Lipinski definition) is 1. The zero-order valence-corrected chi connectivity index (χ0v) is 7.33. The molecule has 0 amide bonds. The highest BCUT2D eigenvalue weighted by Crippen LogP contribution is 2.42. The van der Waals surface area contributed by atoms with Crippen molar-refractivity contribution in [3.05, 3.63) is 0 Å². The third-order valence-electron chi connectivity index (χ3n) is 2.53. The first-order chi connectivity index (χ1) is 5.34. The van der Waals surface area contributed by atoms with Gasteiger partial charge < -0.3 is 5.32 Å². The molecular weight excluding hydrogens is 167 g/mol. The number of rotatable bonds is 0. The van der Waals surface area contributed by atoms with Crippen LogP contribution in [0.1, 0.15) is 20.3 Å². The lowest BCUT2D eigenvalue weighted by atomic mass is 9.74. The van der Waals surface area contributed by atoms with E-state index >= 15 is 0 Å². The summed E-state index contributed by atoms with van der Waals surface area (Å²) in [4.78, 5) is 0. The van der Waals surface area contributed by atoms with Crippen molar-refractivity contribution in [2.24, 2.45) is 11.3 Å². The summed E-state index contributed by atoms with van der Waals surface area (Å²) in [5, 5.41) is 2.98. The fourth-order valence-electron chi connectivity index (χ4n) is 1.78. The summed E-state index contributed by atoms with van der Waals surface area (Å²) < 4.78 is 37.2. The van der Waals surface area contributed by atoms with Crippen LogP contribution in [0.25, 0.3) is 0 Å². The zero-order chi connectivity index (χ0) is 9.41. The van der Waals surface area contributed by atoms with E-state index in [0.717, 1.165) is 0 Å². The van der Waals surface area contributed by atoms with E-state index in [1.54, 1.807) is 13.8 Å². The van der Waals surface area contributed by atoms with Gasteiger partial charge in [-0.3, -0.25) is 0 Å². The van der Waals surface area contributed by atoms with E-state index in [-0.39, 0.29) is 6.42 Å². The summed E-state index contributed by atoms with van der Waals surface area (Å²) in [5.74, 6) is -1.15.